The first kappa shape index (κ1) is 26.9. The van der Waals surface area contributed by atoms with Crippen molar-refractivity contribution in [1.82, 2.24) is 10.2 Å². The number of nitrogens with zero attached hydrogens (tertiary/aromatic N) is 1. The van der Waals surface area contributed by atoms with Gasteiger partial charge in [0.1, 0.15) is 33.6 Å². The Morgan fingerprint density at radius 1 is 1.08 bits per heavy atom. The summed E-state index contributed by atoms with van der Waals surface area (Å²) in [5.74, 6) is -2.63. The fourth-order valence-corrected chi connectivity index (χ4v) is 7.03. The quantitative estimate of drug-likeness (QED) is 0.188. The second-order valence-corrected chi connectivity index (χ2v) is 11.3. The zero-order valence-electron chi connectivity index (χ0n) is 19.5. The van der Waals surface area contributed by atoms with Crippen molar-refractivity contribution in [3.8, 4) is 11.5 Å². The van der Waals surface area contributed by atoms with Crippen LogP contribution in [0, 0.1) is 0 Å². The summed E-state index contributed by atoms with van der Waals surface area (Å²) in [5, 5.41) is 10.8. The van der Waals surface area contributed by atoms with Crippen molar-refractivity contribution in [2.75, 3.05) is 20.8 Å². The molecule has 192 valence electrons. The Morgan fingerprint density at radius 3 is 2.33 bits per heavy atom. The Labute approximate surface area is 211 Å². The van der Waals surface area contributed by atoms with E-state index < -0.39 is 50.4 Å². The monoisotopic (exact) mass is 536 g/mol. The number of methoxy groups -OCH3 is 2. The van der Waals surface area contributed by atoms with Gasteiger partial charge in [-0.1, -0.05) is 30.3 Å². The van der Waals surface area contributed by atoms with E-state index in [-0.39, 0.29) is 16.4 Å². The number of carbonyl (C=O) groups is 3. The Bertz CT molecular complexity index is 1280. The minimum absolute atomic E-state index is 0.0705. The third-order valence-electron chi connectivity index (χ3n) is 5.12. The Kier molecular flexibility index (Phi) is 8.48. The number of amides is 2. The molecule has 3 rings (SSSR count). The van der Waals surface area contributed by atoms with E-state index in [4.69, 9.17) is 14.2 Å². The van der Waals surface area contributed by atoms with Gasteiger partial charge in [0.05, 0.1) is 14.2 Å². The van der Waals surface area contributed by atoms with Crippen molar-refractivity contribution in [1.29, 1.82) is 0 Å². The van der Waals surface area contributed by atoms with Crippen LogP contribution >= 0.6 is 10.8 Å². The normalized spacial score (nSPS) is 18.0. The number of carboxylic acids is 1. The molecule has 2 atom stereocenters. The van der Waals surface area contributed by atoms with Gasteiger partial charge in [-0.3, -0.25) is 14.5 Å². The van der Waals surface area contributed by atoms with Gasteiger partial charge < -0.3 is 24.6 Å². The van der Waals surface area contributed by atoms with E-state index in [0.717, 1.165) is 4.90 Å². The number of aliphatic carboxylic acids is 1. The summed E-state index contributed by atoms with van der Waals surface area (Å²) in [7, 11) is -1.34. The van der Waals surface area contributed by atoms with Gasteiger partial charge in [-0.2, -0.15) is 0 Å². The number of carbonyl (C=O) groups excluding carboxylic acids is 2. The molecule has 0 aliphatic carbocycles. The average Bonchev–Trinajstić information content (AvgIpc) is 2.88. The zero-order chi connectivity index (χ0) is 26.5. The van der Waals surface area contributed by atoms with Crippen molar-refractivity contribution in [2.45, 2.75) is 23.2 Å². The number of benzene rings is 2. The van der Waals surface area contributed by atoms with Crippen LogP contribution in [0.5, 0.6) is 11.5 Å². The lowest BCUT2D eigenvalue weighted by molar-refractivity contribution is -0.151. The molecule has 11 nitrogen and oxygen atoms in total. The van der Waals surface area contributed by atoms with E-state index >= 15 is 0 Å². The smallest absolute Gasteiger partial charge is 0.356 e. The van der Waals surface area contributed by atoms with Crippen LogP contribution < -0.4 is 14.8 Å². The van der Waals surface area contributed by atoms with Crippen molar-refractivity contribution in [2.24, 2.45) is 0 Å². The van der Waals surface area contributed by atoms with Gasteiger partial charge in [-0.15, -0.1) is 0 Å². The van der Waals surface area contributed by atoms with Crippen LogP contribution in [0.1, 0.15) is 6.92 Å². The van der Waals surface area contributed by atoms with Crippen molar-refractivity contribution >= 4 is 37.4 Å². The number of para-hydroxylation sites is 2. The molecule has 1 aliphatic heterocycles. The topological polar surface area (TPSA) is 149 Å². The Hall–Kier alpha value is -3.71. The molecule has 1 saturated heterocycles. The second-order valence-electron chi connectivity index (χ2n) is 7.36. The highest BCUT2D eigenvalue weighted by Crippen LogP contribution is 2.42. The standard InChI is InChI=1S/C23H24N2O9S2/c1-14(32-2)20(23(28)29)25-21(27)19(24-18(26)13-34-15-9-5-4-6-10-15)22(25)35-36(30,31)17-12-8-7-11-16(17)33-3/h4-12,19,22H,13H2,1-3H3,(H,24,26)(H,28,29)/b20-14-. The SMILES string of the molecule is CO/C(C)=C(/C(=O)O)N1C(=O)C(NC(=O)COc2ccccc2)C1SS(=O)(=O)c1ccccc1OC. The van der Waals surface area contributed by atoms with E-state index in [1.807, 2.05) is 0 Å². The van der Waals surface area contributed by atoms with Crippen molar-refractivity contribution in [3.05, 3.63) is 66.1 Å². The molecule has 1 heterocycles. The summed E-state index contributed by atoms with van der Waals surface area (Å²) in [5.41, 5.74) is -0.540. The fraction of sp³-hybridized carbons (Fsp3) is 0.261. The van der Waals surface area contributed by atoms with Crippen LogP contribution in [0.2, 0.25) is 0 Å². The number of ether oxygens (including phenoxy) is 3. The number of likely N-dealkylation sites (tertiary alicyclic amines) is 1. The third-order valence-corrected chi connectivity index (χ3v) is 8.82. The van der Waals surface area contributed by atoms with Crippen LogP contribution in [-0.4, -0.2) is 68.5 Å². The van der Waals surface area contributed by atoms with Gasteiger partial charge in [0.15, 0.2) is 12.3 Å². The van der Waals surface area contributed by atoms with Crippen molar-refractivity contribution in [3.63, 3.8) is 0 Å². The van der Waals surface area contributed by atoms with E-state index in [0.29, 0.717) is 16.5 Å². The van der Waals surface area contributed by atoms with Crippen molar-refractivity contribution < 1.29 is 42.1 Å². The van der Waals surface area contributed by atoms with E-state index in [1.165, 1.54) is 39.3 Å². The number of hydrogen-bond donors (Lipinski definition) is 2. The number of hydrogen-bond acceptors (Lipinski definition) is 9. The number of carboxylic acid groups (broad SMARTS) is 1. The molecule has 2 unspecified atom stereocenters. The summed E-state index contributed by atoms with van der Waals surface area (Å²) in [6.45, 7) is 0.885. The molecule has 13 heteroatoms. The maximum atomic E-state index is 13.3. The molecule has 36 heavy (non-hydrogen) atoms. The molecule has 0 spiro atoms. The van der Waals surface area contributed by atoms with Gasteiger partial charge in [0.25, 0.3) is 11.8 Å². The first-order chi connectivity index (χ1) is 17.1. The Morgan fingerprint density at radius 2 is 1.72 bits per heavy atom. The minimum atomic E-state index is -4.18. The van der Waals surface area contributed by atoms with Crippen LogP contribution in [0.25, 0.3) is 0 Å². The molecule has 2 amide bonds. The van der Waals surface area contributed by atoms with Crippen LogP contribution in [0.3, 0.4) is 0 Å². The van der Waals surface area contributed by atoms with E-state index in [1.54, 1.807) is 36.4 Å². The minimum Gasteiger partial charge on any atom is -0.499 e. The lowest BCUT2D eigenvalue weighted by atomic mass is 10.1. The maximum Gasteiger partial charge on any atom is 0.356 e. The highest BCUT2D eigenvalue weighted by Gasteiger charge is 2.54. The number of allylic oxidation sites excluding steroid dienone is 1. The van der Waals surface area contributed by atoms with Gasteiger partial charge >= 0.3 is 5.97 Å². The summed E-state index contributed by atoms with van der Waals surface area (Å²) in [6.07, 6.45) is 0. The highest BCUT2D eigenvalue weighted by molar-refractivity contribution is 8.72. The molecule has 0 radical (unpaired) electrons. The first-order valence-electron chi connectivity index (χ1n) is 10.5. The highest BCUT2D eigenvalue weighted by atomic mass is 33.1. The molecule has 2 N–H and O–H groups in total. The molecular formula is C23H24N2O9S2. The van der Waals surface area contributed by atoms with E-state index in [2.05, 4.69) is 5.32 Å². The summed E-state index contributed by atoms with van der Waals surface area (Å²) < 4.78 is 42.0. The van der Waals surface area contributed by atoms with Crippen LogP contribution in [0.4, 0.5) is 0 Å². The largest absolute Gasteiger partial charge is 0.499 e. The third kappa shape index (κ3) is 5.74. The van der Waals surface area contributed by atoms with Gasteiger partial charge in [0.2, 0.25) is 8.87 Å². The predicted molar refractivity (Wildman–Crippen MR) is 130 cm³/mol. The molecule has 0 saturated carbocycles. The van der Waals surface area contributed by atoms with Crippen LogP contribution in [0.15, 0.2) is 70.9 Å². The molecule has 0 aromatic heterocycles. The lowest BCUT2D eigenvalue weighted by Gasteiger charge is -2.46. The zero-order valence-corrected chi connectivity index (χ0v) is 21.2. The molecule has 1 fully saturated rings. The number of β-lactam (4-membered cyclic amide) rings is 1. The fourth-order valence-electron chi connectivity index (χ4n) is 3.34. The van der Waals surface area contributed by atoms with Crippen LogP contribution in [-0.2, 0) is 28.0 Å². The lowest BCUT2D eigenvalue weighted by Crippen LogP contribution is -2.70. The molecule has 2 aromatic carbocycles. The molecular weight excluding hydrogens is 512 g/mol. The predicted octanol–water partition coefficient (Wildman–Crippen LogP) is 1.81. The summed E-state index contributed by atoms with van der Waals surface area (Å²) >= 11 is 0. The first-order valence-corrected chi connectivity index (χ1v) is 13.3. The van der Waals surface area contributed by atoms with Gasteiger partial charge in [0, 0.05) is 10.8 Å². The molecule has 1 aliphatic rings. The summed E-state index contributed by atoms with van der Waals surface area (Å²) in [6, 6.07) is 13.0. The molecule has 0 bridgehead atoms. The number of nitrogens with one attached hydrogen (secondary N) is 1. The van der Waals surface area contributed by atoms with E-state index in [9.17, 15) is 27.9 Å². The Balaban J connectivity index is 1.89. The number of rotatable bonds is 11. The second kappa shape index (κ2) is 11.4. The van der Waals surface area contributed by atoms with Gasteiger partial charge in [-0.05, 0) is 31.2 Å². The average molecular weight is 537 g/mol. The maximum absolute atomic E-state index is 13.3. The van der Waals surface area contributed by atoms with Gasteiger partial charge in [-0.25, -0.2) is 13.2 Å². The molecule has 2 aromatic rings. The summed E-state index contributed by atoms with van der Waals surface area (Å²) in [4.78, 5) is 38.0.